The Kier molecular flexibility index (Phi) is 6.49. The zero-order chi connectivity index (χ0) is 26.2. The molecule has 1 spiro atoms. The average Bonchev–Trinajstić information content (AvgIpc) is 3.32. The van der Waals surface area contributed by atoms with Crippen LogP contribution in [0.2, 0.25) is 0 Å². The monoisotopic (exact) mass is 503 g/mol. The molecule has 2 aromatic heterocycles. The van der Waals surface area contributed by atoms with E-state index in [-0.39, 0.29) is 22.9 Å². The number of nitrogens with zero attached hydrogens (tertiary/aromatic N) is 4. The zero-order valence-corrected chi connectivity index (χ0v) is 21.1. The Morgan fingerprint density at radius 1 is 1.35 bits per heavy atom. The molecule has 9 nitrogen and oxygen atoms in total. The van der Waals surface area contributed by atoms with E-state index >= 15 is 0 Å². The lowest BCUT2D eigenvalue weighted by Gasteiger charge is -2.36. The third kappa shape index (κ3) is 4.59. The number of methoxy groups -OCH3 is 1. The van der Waals surface area contributed by atoms with Crippen molar-refractivity contribution in [1.29, 1.82) is 5.41 Å². The van der Waals surface area contributed by atoms with Crippen molar-refractivity contribution < 1.29 is 13.9 Å². The van der Waals surface area contributed by atoms with E-state index < -0.39 is 11.7 Å². The molecule has 3 aliphatic heterocycles. The number of carbonyl (C=O) groups is 1. The zero-order valence-electron chi connectivity index (χ0n) is 21.1. The van der Waals surface area contributed by atoms with Crippen LogP contribution in [0.15, 0.2) is 41.4 Å². The van der Waals surface area contributed by atoms with Crippen molar-refractivity contribution in [3.05, 3.63) is 64.6 Å². The van der Waals surface area contributed by atoms with E-state index in [0.29, 0.717) is 24.5 Å². The van der Waals surface area contributed by atoms with Crippen molar-refractivity contribution in [3.63, 3.8) is 0 Å². The number of halogens is 1. The number of carbonyl (C=O) groups excluding carboxylic acids is 1. The van der Waals surface area contributed by atoms with Crippen molar-refractivity contribution in [2.24, 2.45) is 4.99 Å². The Hall–Kier alpha value is -4.08. The van der Waals surface area contributed by atoms with E-state index in [1.165, 1.54) is 19.4 Å². The number of likely N-dealkylation sites (tertiary alicyclic amines) is 1. The normalized spacial score (nSPS) is 22.2. The van der Waals surface area contributed by atoms with Gasteiger partial charge in [0.05, 0.1) is 24.8 Å². The number of fused-ring (bicyclic) bond motifs is 1. The highest BCUT2D eigenvalue weighted by molar-refractivity contribution is 6.10. The summed E-state index contributed by atoms with van der Waals surface area (Å²) in [6.45, 7) is 4.77. The molecule has 0 aromatic carbocycles. The van der Waals surface area contributed by atoms with Crippen LogP contribution in [-0.4, -0.2) is 58.9 Å². The molecule has 1 fully saturated rings. The van der Waals surface area contributed by atoms with Gasteiger partial charge in [0, 0.05) is 60.2 Å². The van der Waals surface area contributed by atoms with Crippen molar-refractivity contribution in [2.75, 3.05) is 25.5 Å². The fourth-order valence-corrected chi connectivity index (χ4v) is 5.30. The Morgan fingerprint density at radius 2 is 2.19 bits per heavy atom. The molecule has 10 heteroatoms. The molecule has 5 rings (SSSR count). The van der Waals surface area contributed by atoms with Crippen LogP contribution < -0.4 is 15.4 Å². The number of hydrogen-bond acceptors (Lipinski definition) is 8. The molecule has 0 aliphatic carbocycles. The van der Waals surface area contributed by atoms with E-state index in [4.69, 9.17) is 15.1 Å². The molecule has 0 saturated carbocycles. The number of rotatable bonds is 5. The number of anilines is 1. The minimum atomic E-state index is -0.649. The lowest BCUT2D eigenvalue weighted by molar-refractivity contribution is -0.131. The van der Waals surface area contributed by atoms with E-state index in [1.807, 2.05) is 11.8 Å². The van der Waals surface area contributed by atoms with Gasteiger partial charge < -0.3 is 25.7 Å². The summed E-state index contributed by atoms with van der Waals surface area (Å²) in [4.78, 5) is 28.2. The maximum Gasteiger partial charge on any atom is 0.230 e. The number of aryl methyl sites for hydroxylation is 2. The second-order valence-electron chi connectivity index (χ2n) is 9.70. The first-order valence-electron chi connectivity index (χ1n) is 12.3. The first-order chi connectivity index (χ1) is 17.8. The Labute approximate surface area is 215 Å². The lowest BCUT2D eigenvalue weighted by atomic mass is 9.85. The Morgan fingerprint density at radius 3 is 2.92 bits per heavy atom. The van der Waals surface area contributed by atoms with Crippen LogP contribution in [0.5, 0.6) is 5.88 Å². The maximum atomic E-state index is 14.4. The van der Waals surface area contributed by atoms with Gasteiger partial charge in [-0.25, -0.2) is 19.4 Å². The quantitative estimate of drug-likeness (QED) is 0.538. The number of nitrogens with one attached hydrogen (secondary N) is 3. The van der Waals surface area contributed by atoms with Gasteiger partial charge in [-0.2, -0.15) is 0 Å². The van der Waals surface area contributed by atoms with E-state index in [9.17, 15) is 9.18 Å². The molecule has 37 heavy (non-hydrogen) atoms. The summed E-state index contributed by atoms with van der Waals surface area (Å²) >= 11 is 0. The van der Waals surface area contributed by atoms with Crippen molar-refractivity contribution in [2.45, 2.75) is 44.6 Å². The molecule has 2 aromatic rings. The number of aromatic nitrogens is 2. The molecule has 2 atom stereocenters. The summed E-state index contributed by atoms with van der Waals surface area (Å²) in [5, 5.41) is 14.7. The molecular weight excluding hydrogens is 473 g/mol. The van der Waals surface area contributed by atoms with Gasteiger partial charge in [0.25, 0.3) is 0 Å². The molecule has 0 unspecified atom stereocenters. The summed E-state index contributed by atoms with van der Waals surface area (Å²) in [6.07, 6.45) is 10.1. The molecule has 0 bridgehead atoms. The molecule has 1 saturated heterocycles. The SMILES string of the molecule is COc1cc([C@@H](C)C(=O)N2CC[C@@]3(CCc4cc(/C(C=N)=C5\N=CC=CN5)c(C)nc4N3)C2)c(F)cn1. The first kappa shape index (κ1) is 24.6. The van der Waals surface area contributed by atoms with E-state index in [0.717, 1.165) is 48.1 Å². The van der Waals surface area contributed by atoms with Crippen LogP contribution in [0, 0.1) is 18.2 Å². The molecule has 3 aliphatic rings. The molecule has 3 N–H and O–H groups in total. The number of allylic oxidation sites excluding steroid dienone is 2. The number of ether oxygens (including phenoxy) is 1. The summed E-state index contributed by atoms with van der Waals surface area (Å²) in [7, 11) is 1.47. The van der Waals surface area contributed by atoms with Gasteiger partial charge in [-0.1, -0.05) is 0 Å². The van der Waals surface area contributed by atoms with Crippen LogP contribution in [0.3, 0.4) is 0 Å². The predicted octanol–water partition coefficient (Wildman–Crippen LogP) is 3.57. The second-order valence-corrected chi connectivity index (χ2v) is 9.70. The van der Waals surface area contributed by atoms with Crippen LogP contribution >= 0.6 is 0 Å². The maximum absolute atomic E-state index is 14.4. The topological polar surface area (TPSA) is 116 Å². The highest BCUT2D eigenvalue weighted by Gasteiger charge is 2.43. The molecular formula is C27H30FN7O2. The van der Waals surface area contributed by atoms with Gasteiger partial charge in [0.1, 0.15) is 17.5 Å². The van der Waals surface area contributed by atoms with Gasteiger partial charge in [0.15, 0.2) is 0 Å². The Balaban J connectivity index is 1.34. The van der Waals surface area contributed by atoms with Crippen molar-refractivity contribution in [1.82, 2.24) is 20.2 Å². The number of amides is 1. The third-order valence-corrected chi connectivity index (χ3v) is 7.42. The summed E-state index contributed by atoms with van der Waals surface area (Å²) in [6, 6.07) is 3.57. The largest absolute Gasteiger partial charge is 0.481 e. The van der Waals surface area contributed by atoms with Crippen LogP contribution in [0.1, 0.15) is 48.1 Å². The summed E-state index contributed by atoms with van der Waals surface area (Å²) in [5.74, 6) is 0.432. The van der Waals surface area contributed by atoms with Crippen LogP contribution in [0.4, 0.5) is 10.2 Å². The predicted molar refractivity (Wildman–Crippen MR) is 140 cm³/mol. The molecule has 0 radical (unpaired) electrons. The highest BCUT2D eigenvalue weighted by Crippen LogP contribution is 2.38. The lowest BCUT2D eigenvalue weighted by Crippen LogP contribution is -2.46. The van der Waals surface area contributed by atoms with E-state index in [2.05, 4.69) is 26.7 Å². The van der Waals surface area contributed by atoms with Crippen molar-refractivity contribution >= 4 is 29.7 Å². The number of hydrogen-bond donors (Lipinski definition) is 3. The fourth-order valence-electron chi connectivity index (χ4n) is 5.30. The Bertz CT molecular complexity index is 1350. The smallest absolute Gasteiger partial charge is 0.230 e. The highest BCUT2D eigenvalue weighted by atomic mass is 19.1. The standard InChI is InChI=1S/C27H30FN7O2/c1-16(19-12-23(37-3)32-14-22(19)28)26(36)35-10-7-27(15-35)6-5-18-11-20(17(2)33-24(18)34-27)21(13-29)25-30-8-4-9-31-25/h4,8-9,11-14,16,29-30H,5-7,10,15H2,1-3H3,(H,33,34)/b25-21-,29-13?/t16-,27+/m1/s1. The molecule has 192 valence electrons. The van der Waals surface area contributed by atoms with Crippen LogP contribution in [-0.2, 0) is 11.2 Å². The first-order valence-corrected chi connectivity index (χ1v) is 12.3. The molecule has 5 heterocycles. The third-order valence-electron chi connectivity index (χ3n) is 7.42. The number of aliphatic imine (C=N–C) groups is 1. The van der Waals surface area contributed by atoms with Gasteiger partial charge in [-0.05, 0) is 50.8 Å². The van der Waals surface area contributed by atoms with E-state index in [1.54, 1.807) is 25.4 Å². The number of pyridine rings is 2. The minimum Gasteiger partial charge on any atom is -0.481 e. The second kappa shape index (κ2) is 9.76. The van der Waals surface area contributed by atoms with Gasteiger partial charge in [0.2, 0.25) is 11.8 Å². The molecule has 1 amide bonds. The average molecular weight is 504 g/mol. The summed E-state index contributed by atoms with van der Waals surface area (Å²) in [5.41, 5.74) is 3.43. The fraction of sp³-hybridized carbons (Fsp3) is 0.370. The van der Waals surface area contributed by atoms with Crippen LogP contribution in [0.25, 0.3) is 5.57 Å². The van der Waals surface area contributed by atoms with Crippen molar-refractivity contribution in [3.8, 4) is 5.88 Å². The summed E-state index contributed by atoms with van der Waals surface area (Å²) < 4.78 is 19.6. The van der Waals surface area contributed by atoms with Gasteiger partial charge >= 0.3 is 0 Å². The minimum absolute atomic E-state index is 0.118. The van der Waals surface area contributed by atoms with Gasteiger partial charge in [-0.3, -0.25) is 4.79 Å². The van der Waals surface area contributed by atoms with Gasteiger partial charge in [-0.15, -0.1) is 0 Å².